The highest BCUT2D eigenvalue weighted by molar-refractivity contribution is 5.80. The molecule has 4 rings (SSSR count). The number of aliphatic hydroxyl groups is 1. The van der Waals surface area contributed by atoms with Crippen LogP contribution >= 0.6 is 0 Å². The van der Waals surface area contributed by atoms with Gasteiger partial charge in [0.2, 0.25) is 0 Å². The average Bonchev–Trinajstić information content (AvgIpc) is 3.13. The molecule has 2 unspecified atom stereocenters. The zero-order valence-electron chi connectivity index (χ0n) is 19.5. The number of hydrogen-bond donors (Lipinski definition) is 3. The summed E-state index contributed by atoms with van der Waals surface area (Å²) in [5.74, 6) is -0.795. The van der Waals surface area contributed by atoms with Gasteiger partial charge in [-0.3, -0.25) is 4.79 Å². The minimum absolute atomic E-state index is 0.00145. The van der Waals surface area contributed by atoms with E-state index in [0.717, 1.165) is 11.1 Å². The van der Waals surface area contributed by atoms with E-state index in [1.807, 2.05) is 20.9 Å². The van der Waals surface area contributed by atoms with Gasteiger partial charge < -0.3 is 35.1 Å². The molecule has 1 aliphatic carbocycles. The number of carbonyl (C=O) groups excluding carboxylic acids is 2. The molecule has 33 heavy (non-hydrogen) atoms. The highest BCUT2D eigenvalue weighted by Gasteiger charge is 2.69. The van der Waals surface area contributed by atoms with Gasteiger partial charge in [-0.25, -0.2) is 4.79 Å². The summed E-state index contributed by atoms with van der Waals surface area (Å²) >= 11 is 0. The Kier molecular flexibility index (Phi) is 5.92. The summed E-state index contributed by atoms with van der Waals surface area (Å²) in [6, 6.07) is 3.16. The van der Waals surface area contributed by atoms with Gasteiger partial charge in [0.15, 0.2) is 23.7 Å². The Morgan fingerprint density at radius 3 is 2.82 bits per heavy atom. The predicted octanol–water partition coefficient (Wildman–Crippen LogP) is 1.27. The molecule has 5 atom stereocenters. The summed E-state index contributed by atoms with van der Waals surface area (Å²) in [5, 5.41) is 22.7. The lowest BCUT2D eigenvalue weighted by molar-refractivity contribution is -0.171. The normalized spacial score (nSPS) is 31.4. The van der Waals surface area contributed by atoms with Crippen molar-refractivity contribution in [3.8, 4) is 11.5 Å². The van der Waals surface area contributed by atoms with E-state index in [9.17, 15) is 19.8 Å². The molecule has 2 aliphatic heterocycles. The molecule has 1 spiro atoms. The average molecular weight is 461 g/mol. The number of benzene rings is 1. The fourth-order valence-corrected chi connectivity index (χ4v) is 5.63. The zero-order chi connectivity index (χ0) is 24.1. The van der Waals surface area contributed by atoms with Gasteiger partial charge in [-0.2, -0.15) is 0 Å². The maximum absolute atomic E-state index is 12.8. The van der Waals surface area contributed by atoms with Crippen LogP contribution in [0, 0.1) is 6.92 Å². The monoisotopic (exact) mass is 460 g/mol. The summed E-state index contributed by atoms with van der Waals surface area (Å²) < 4.78 is 17.0. The number of likely N-dealkylation sites (tertiary alicyclic amines) is 1. The molecule has 4 N–H and O–H groups in total. The number of nitrogens with zero attached hydrogens (tertiary/aromatic N) is 1. The van der Waals surface area contributed by atoms with Gasteiger partial charge in [-0.1, -0.05) is 6.07 Å². The lowest BCUT2D eigenvalue weighted by Gasteiger charge is -2.58. The second-order valence-corrected chi connectivity index (χ2v) is 9.31. The van der Waals surface area contributed by atoms with Gasteiger partial charge in [0, 0.05) is 24.6 Å². The number of aryl methyl sites for hydroxylation is 1. The number of phenolic OH excluding ortho intramolecular Hbond substituents is 1. The molecule has 0 aromatic heterocycles. The van der Waals surface area contributed by atoms with Crippen LogP contribution in [0.3, 0.4) is 0 Å². The molecule has 1 aromatic rings. The van der Waals surface area contributed by atoms with Gasteiger partial charge in [0.1, 0.15) is 5.76 Å². The molecule has 180 valence electrons. The third-order valence-electron chi connectivity index (χ3n) is 7.54. The van der Waals surface area contributed by atoms with E-state index in [1.54, 1.807) is 18.2 Å². The van der Waals surface area contributed by atoms with Crippen LogP contribution in [0.4, 0.5) is 0 Å². The van der Waals surface area contributed by atoms with E-state index in [-0.39, 0.29) is 36.9 Å². The van der Waals surface area contributed by atoms with Crippen LogP contribution < -0.4 is 10.5 Å². The summed E-state index contributed by atoms with van der Waals surface area (Å²) in [5.41, 5.74) is 4.86. The number of ether oxygens (including phenoxy) is 3. The van der Waals surface area contributed by atoms with Crippen molar-refractivity contribution >= 4 is 11.9 Å². The minimum atomic E-state index is -1.22. The number of rotatable bonds is 5. The van der Waals surface area contributed by atoms with Crippen molar-refractivity contribution in [3.63, 3.8) is 0 Å². The molecule has 9 nitrogen and oxygen atoms in total. The van der Waals surface area contributed by atoms with Crippen molar-refractivity contribution in [2.45, 2.75) is 69.3 Å². The van der Waals surface area contributed by atoms with Crippen LogP contribution in [-0.4, -0.2) is 71.0 Å². The number of fused-ring (bicyclic) bond motifs is 1. The molecule has 3 aliphatic rings. The van der Waals surface area contributed by atoms with Crippen LogP contribution in [0.2, 0.25) is 0 Å². The first-order valence-corrected chi connectivity index (χ1v) is 11.3. The fraction of sp³-hybridized carbons (Fsp3) is 0.583. The van der Waals surface area contributed by atoms with Crippen molar-refractivity contribution in [3.05, 3.63) is 35.1 Å². The van der Waals surface area contributed by atoms with Crippen LogP contribution in [0.15, 0.2) is 24.0 Å². The fourth-order valence-electron chi connectivity index (χ4n) is 5.63. The highest BCUT2D eigenvalue weighted by atomic mass is 16.6. The van der Waals surface area contributed by atoms with Crippen molar-refractivity contribution < 1.29 is 34.0 Å². The zero-order valence-corrected chi connectivity index (χ0v) is 19.5. The lowest BCUT2D eigenvalue weighted by Crippen LogP contribution is -2.71. The van der Waals surface area contributed by atoms with Crippen LogP contribution in [0.25, 0.3) is 0 Å². The molecular weight excluding hydrogens is 428 g/mol. The maximum Gasteiger partial charge on any atom is 0.352 e. The number of nitrogens with two attached hydrogens (primary N) is 1. The van der Waals surface area contributed by atoms with E-state index in [4.69, 9.17) is 19.9 Å². The third-order valence-corrected chi connectivity index (χ3v) is 7.54. The topological polar surface area (TPSA) is 132 Å². The first kappa shape index (κ1) is 23.5. The molecule has 1 saturated heterocycles. The van der Waals surface area contributed by atoms with E-state index < -0.39 is 35.2 Å². The summed E-state index contributed by atoms with van der Waals surface area (Å²) in [6.45, 7) is 6.13. The Morgan fingerprint density at radius 1 is 1.39 bits per heavy atom. The van der Waals surface area contributed by atoms with Gasteiger partial charge in [-0.15, -0.1) is 0 Å². The number of phenols is 1. The Morgan fingerprint density at radius 2 is 2.12 bits per heavy atom. The quantitative estimate of drug-likeness (QED) is 0.556. The standard InChI is InChI=1S/C24H32N2O7/c1-13-5-6-16(27)20-19(13)23-10-12-26(4)15(3)24(23,30)9-7-17(21(23)33-20)32-22(29)14(2)31-18(28)8-11-25/h5-7,14-15,21,27,30H,8-12,25H2,1-4H3/t14-,15+,21?,23?,24+/m0/s1. The van der Waals surface area contributed by atoms with Crippen LogP contribution in [-0.2, 0) is 24.5 Å². The molecule has 0 saturated carbocycles. The Bertz CT molecular complexity index is 1010. The Labute approximate surface area is 193 Å². The SMILES string of the molecule is Cc1ccc(O)c2c1C13CCN(C)[C@H](C)[C@]1(O)CC=C(OC(=O)[C@H](C)OC(=O)CCN)C3O2. The highest BCUT2D eigenvalue weighted by Crippen LogP contribution is 2.62. The van der Waals surface area contributed by atoms with Gasteiger partial charge >= 0.3 is 11.9 Å². The summed E-state index contributed by atoms with van der Waals surface area (Å²) in [4.78, 5) is 26.6. The molecule has 9 heteroatoms. The van der Waals surface area contributed by atoms with E-state index in [1.165, 1.54) is 6.92 Å². The second kappa shape index (κ2) is 8.30. The van der Waals surface area contributed by atoms with Gasteiger partial charge in [0.05, 0.1) is 17.4 Å². The van der Waals surface area contributed by atoms with E-state index in [2.05, 4.69) is 4.90 Å². The number of piperidine rings is 1. The summed E-state index contributed by atoms with van der Waals surface area (Å²) in [6.07, 6.45) is 0.506. The smallest absolute Gasteiger partial charge is 0.352 e. The molecular formula is C24H32N2O7. The second-order valence-electron chi connectivity index (χ2n) is 9.31. The first-order chi connectivity index (χ1) is 15.6. The number of hydrogen-bond acceptors (Lipinski definition) is 9. The molecule has 0 bridgehead atoms. The van der Waals surface area contributed by atoms with Crippen molar-refractivity contribution in [2.24, 2.45) is 5.73 Å². The van der Waals surface area contributed by atoms with Crippen molar-refractivity contribution in [1.29, 1.82) is 0 Å². The van der Waals surface area contributed by atoms with E-state index in [0.29, 0.717) is 18.7 Å². The number of likely N-dealkylation sites (N-methyl/N-ethyl adjacent to an activating group) is 1. The van der Waals surface area contributed by atoms with Gasteiger partial charge in [0.25, 0.3) is 0 Å². The molecule has 1 aromatic carbocycles. The predicted molar refractivity (Wildman–Crippen MR) is 119 cm³/mol. The number of carbonyl (C=O) groups is 2. The number of esters is 2. The Hall–Kier alpha value is -2.62. The third kappa shape index (κ3) is 3.41. The minimum Gasteiger partial charge on any atom is -0.504 e. The van der Waals surface area contributed by atoms with Gasteiger partial charge in [-0.05, 0) is 58.5 Å². The largest absolute Gasteiger partial charge is 0.504 e. The van der Waals surface area contributed by atoms with Crippen molar-refractivity contribution in [2.75, 3.05) is 20.1 Å². The molecule has 2 heterocycles. The van der Waals surface area contributed by atoms with E-state index >= 15 is 0 Å². The van der Waals surface area contributed by atoms with Crippen molar-refractivity contribution in [1.82, 2.24) is 4.90 Å². The molecule has 0 amide bonds. The van der Waals surface area contributed by atoms with Crippen LogP contribution in [0.1, 0.15) is 44.2 Å². The number of aromatic hydroxyl groups is 1. The lowest BCUT2D eigenvalue weighted by atomic mass is 9.54. The van der Waals surface area contributed by atoms with Crippen LogP contribution in [0.5, 0.6) is 11.5 Å². The first-order valence-electron chi connectivity index (χ1n) is 11.3. The molecule has 1 fully saturated rings. The Balaban J connectivity index is 1.73. The summed E-state index contributed by atoms with van der Waals surface area (Å²) in [7, 11) is 1.97. The maximum atomic E-state index is 12.8. The molecule has 0 radical (unpaired) electrons.